The summed E-state index contributed by atoms with van der Waals surface area (Å²) < 4.78 is 32.1. The Labute approximate surface area is 144 Å². The van der Waals surface area contributed by atoms with Crippen molar-refractivity contribution < 1.29 is 23.1 Å². The second-order valence-electron chi connectivity index (χ2n) is 6.25. The monoisotopic (exact) mass is 353 g/mol. The average molecular weight is 353 g/mol. The normalized spacial score (nSPS) is 21.6. The van der Waals surface area contributed by atoms with Crippen LogP contribution in [-0.2, 0) is 14.3 Å². The van der Waals surface area contributed by atoms with E-state index in [4.69, 9.17) is 4.74 Å². The molecule has 2 aliphatic rings. The Morgan fingerprint density at radius 1 is 1.28 bits per heavy atom. The first-order valence-corrected chi connectivity index (χ1v) is 8.38. The topological polar surface area (TPSA) is 61.9 Å². The van der Waals surface area contributed by atoms with Crippen LogP contribution in [0.5, 0.6) is 0 Å². The Balaban J connectivity index is 1.51. The Morgan fingerprint density at radius 2 is 2.04 bits per heavy atom. The third-order valence-electron chi connectivity index (χ3n) is 4.53. The molecule has 25 heavy (non-hydrogen) atoms. The van der Waals surface area contributed by atoms with E-state index < -0.39 is 17.6 Å². The molecule has 1 aromatic carbocycles. The van der Waals surface area contributed by atoms with Gasteiger partial charge in [0, 0.05) is 45.2 Å². The number of nitrogens with zero attached hydrogens (tertiary/aromatic N) is 2. The van der Waals surface area contributed by atoms with Crippen molar-refractivity contribution in [3.05, 3.63) is 29.8 Å². The molecule has 0 aliphatic carbocycles. The summed E-state index contributed by atoms with van der Waals surface area (Å²) in [6, 6.07) is 3.06. The van der Waals surface area contributed by atoms with Gasteiger partial charge in [0.15, 0.2) is 0 Å². The zero-order chi connectivity index (χ0) is 17.8. The quantitative estimate of drug-likeness (QED) is 0.849. The number of hydrogen-bond acceptors (Lipinski definition) is 4. The molecular weight excluding hydrogens is 332 g/mol. The second-order valence-corrected chi connectivity index (χ2v) is 6.25. The van der Waals surface area contributed by atoms with E-state index in [2.05, 4.69) is 10.2 Å². The summed E-state index contributed by atoms with van der Waals surface area (Å²) in [7, 11) is 0. The van der Waals surface area contributed by atoms with Crippen LogP contribution in [0, 0.1) is 17.6 Å². The predicted molar refractivity (Wildman–Crippen MR) is 87.1 cm³/mol. The van der Waals surface area contributed by atoms with E-state index in [1.165, 1.54) is 11.0 Å². The van der Waals surface area contributed by atoms with Crippen molar-refractivity contribution in [2.75, 3.05) is 50.8 Å². The van der Waals surface area contributed by atoms with E-state index in [-0.39, 0.29) is 30.5 Å². The second kappa shape index (κ2) is 7.88. The number of halogens is 2. The molecule has 2 fully saturated rings. The summed E-state index contributed by atoms with van der Waals surface area (Å²) in [6.45, 7) is 4.41. The predicted octanol–water partition coefficient (Wildman–Crippen LogP) is 0.766. The fraction of sp³-hybridized carbons (Fsp3) is 0.529. The Hall–Kier alpha value is -2.06. The molecule has 0 aromatic heterocycles. The maximum Gasteiger partial charge on any atom is 0.227 e. The van der Waals surface area contributed by atoms with Gasteiger partial charge < -0.3 is 15.0 Å². The zero-order valence-corrected chi connectivity index (χ0v) is 13.8. The first-order chi connectivity index (χ1) is 12.0. The summed E-state index contributed by atoms with van der Waals surface area (Å²) in [4.78, 5) is 27.8. The van der Waals surface area contributed by atoms with E-state index >= 15 is 0 Å². The summed E-state index contributed by atoms with van der Waals surface area (Å²) in [6.07, 6.45) is 0.0280. The first-order valence-electron chi connectivity index (χ1n) is 8.38. The van der Waals surface area contributed by atoms with Crippen LogP contribution >= 0.6 is 0 Å². The van der Waals surface area contributed by atoms with Crippen LogP contribution in [-0.4, -0.2) is 62.7 Å². The van der Waals surface area contributed by atoms with Crippen molar-refractivity contribution in [2.24, 2.45) is 5.92 Å². The largest absolute Gasteiger partial charge is 0.379 e. The molecular formula is C17H21F2N3O3. The minimum absolute atomic E-state index is 0.00927. The van der Waals surface area contributed by atoms with Gasteiger partial charge in [-0.2, -0.15) is 0 Å². The van der Waals surface area contributed by atoms with Gasteiger partial charge in [-0.3, -0.25) is 14.5 Å². The SMILES string of the molecule is O=C(NCCN1CCOCC1)C1CC(=O)N(c2ccc(F)cc2F)C1. The standard InChI is InChI=1S/C17H21F2N3O3/c18-13-1-2-15(14(19)10-13)22-11-12(9-16(22)23)17(24)20-3-4-21-5-7-25-8-6-21/h1-2,10,12H,3-9,11H2,(H,20,24). The fourth-order valence-electron chi connectivity index (χ4n) is 3.12. The lowest BCUT2D eigenvalue weighted by molar-refractivity contribution is -0.126. The van der Waals surface area contributed by atoms with Gasteiger partial charge in [0.2, 0.25) is 11.8 Å². The number of carbonyl (C=O) groups excluding carboxylic acids is 2. The highest BCUT2D eigenvalue weighted by Crippen LogP contribution is 2.27. The van der Waals surface area contributed by atoms with Gasteiger partial charge >= 0.3 is 0 Å². The van der Waals surface area contributed by atoms with Gasteiger partial charge in [0.05, 0.1) is 24.8 Å². The summed E-state index contributed by atoms with van der Waals surface area (Å²) in [5.74, 6) is -2.58. The summed E-state index contributed by atoms with van der Waals surface area (Å²) >= 11 is 0. The van der Waals surface area contributed by atoms with E-state index in [1.807, 2.05) is 0 Å². The molecule has 136 valence electrons. The van der Waals surface area contributed by atoms with Crippen LogP contribution in [0.1, 0.15) is 6.42 Å². The molecule has 3 rings (SSSR count). The number of anilines is 1. The molecule has 2 saturated heterocycles. The van der Waals surface area contributed by atoms with Crippen LogP contribution in [0.15, 0.2) is 18.2 Å². The van der Waals surface area contributed by atoms with Crippen molar-refractivity contribution >= 4 is 17.5 Å². The lowest BCUT2D eigenvalue weighted by Crippen LogP contribution is -2.42. The molecule has 1 unspecified atom stereocenters. The first kappa shape index (κ1) is 17.8. The third-order valence-corrected chi connectivity index (χ3v) is 4.53. The van der Waals surface area contributed by atoms with E-state index in [1.54, 1.807) is 0 Å². The number of hydrogen-bond donors (Lipinski definition) is 1. The Bertz CT molecular complexity index is 650. The van der Waals surface area contributed by atoms with Crippen LogP contribution in [0.3, 0.4) is 0 Å². The van der Waals surface area contributed by atoms with Crippen LogP contribution in [0.25, 0.3) is 0 Å². The van der Waals surface area contributed by atoms with Crippen LogP contribution in [0.4, 0.5) is 14.5 Å². The van der Waals surface area contributed by atoms with Gasteiger partial charge in [-0.05, 0) is 12.1 Å². The van der Waals surface area contributed by atoms with Crippen molar-refractivity contribution in [1.82, 2.24) is 10.2 Å². The lowest BCUT2D eigenvalue weighted by atomic mass is 10.1. The van der Waals surface area contributed by atoms with Crippen molar-refractivity contribution in [3.63, 3.8) is 0 Å². The highest BCUT2D eigenvalue weighted by Gasteiger charge is 2.36. The van der Waals surface area contributed by atoms with Crippen molar-refractivity contribution in [1.29, 1.82) is 0 Å². The van der Waals surface area contributed by atoms with Gasteiger partial charge in [-0.25, -0.2) is 8.78 Å². The minimum atomic E-state index is -0.804. The Kier molecular flexibility index (Phi) is 5.60. The summed E-state index contributed by atoms with van der Waals surface area (Å²) in [5, 5.41) is 2.83. The molecule has 0 bridgehead atoms. The zero-order valence-electron chi connectivity index (χ0n) is 13.8. The molecule has 2 amide bonds. The van der Waals surface area contributed by atoms with Crippen molar-refractivity contribution in [2.45, 2.75) is 6.42 Å². The molecule has 2 heterocycles. The fourth-order valence-corrected chi connectivity index (χ4v) is 3.12. The number of morpholine rings is 1. The molecule has 0 saturated carbocycles. The molecule has 1 atom stereocenters. The van der Waals surface area contributed by atoms with Gasteiger partial charge in [0.25, 0.3) is 0 Å². The van der Waals surface area contributed by atoms with Gasteiger partial charge in [-0.1, -0.05) is 0 Å². The number of amides is 2. The highest BCUT2D eigenvalue weighted by molar-refractivity contribution is 6.00. The molecule has 2 aliphatic heterocycles. The molecule has 0 radical (unpaired) electrons. The number of nitrogens with one attached hydrogen (secondary N) is 1. The summed E-state index contributed by atoms with van der Waals surface area (Å²) in [5.41, 5.74) is 0.00927. The van der Waals surface area contributed by atoms with E-state index in [0.29, 0.717) is 19.8 Å². The van der Waals surface area contributed by atoms with Gasteiger partial charge in [-0.15, -0.1) is 0 Å². The molecule has 1 N–H and O–H groups in total. The highest BCUT2D eigenvalue weighted by atomic mass is 19.1. The van der Waals surface area contributed by atoms with Crippen molar-refractivity contribution in [3.8, 4) is 0 Å². The lowest BCUT2D eigenvalue weighted by Gasteiger charge is -2.26. The Morgan fingerprint density at radius 3 is 2.76 bits per heavy atom. The average Bonchev–Trinajstić information content (AvgIpc) is 2.97. The number of benzene rings is 1. The maximum absolute atomic E-state index is 13.9. The van der Waals surface area contributed by atoms with E-state index in [9.17, 15) is 18.4 Å². The smallest absolute Gasteiger partial charge is 0.227 e. The number of ether oxygens (including phenoxy) is 1. The molecule has 1 aromatic rings. The molecule has 6 nitrogen and oxygen atoms in total. The minimum Gasteiger partial charge on any atom is -0.379 e. The molecule has 8 heteroatoms. The van der Waals surface area contributed by atoms with Crippen LogP contribution in [0.2, 0.25) is 0 Å². The molecule has 0 spiro atoms. The maximum atomic E-state index is 13.9. The van der Waals surface area contributed by atoms with Gasteiger partial charge in [0.1, 0.15) is 11.6 Å². The van der Waals surface area contributed by atoms with Crippen LogP contribution < -0.4 is 10.2 Å². The number of carbonyl (C=O) groups is 2. The third kappa shape index (κ3) is 4.32. The number of rotatable bonds is 5. The van der Waals surface area contributed by atoms with E-state index in [0.717, 1.165) is 31.8 Å².